The second-order valence-electron chi connectivity index (χ2n) is 8.80. The van der Waals surface area contributed by atoms with E-state index in [-0.39, 0.29) is 18.0 Å². The van der Waals surface area contributed by atoms with Crippen molar-refractivity contribution < 1.29 is 18.7 Å². The third-order valence-electron chi connectivity index (χ3n) is 6.77. The van der Waals surface area contributed by atoms with Crippen LogP contribution >= 0.6 is 23.7 Å². The van der Waals surface area contributed by atoms with Crippen LogP contribution in [0.1, 0.15) is 24.2 Å². The van der Waals surface area contributed by atoms with Gasteiger partial charge in [0.05, 0.1) is 24.4 Å². The van der Waals surface area contributed by atoms with E-state index in [2.05, 4.69) is 18.7 Å². The minimum Gasteiger partial charge on any atom is -0.493 e. The molecule has 0 N–H and O–H groups in total. The van der Waals surface area contributed by atoms with Gasteiger partial charge in [0.2, 0.25) is 0 Å². The van der Waals surface area contributed by atoms with Gasteiger partial charge in [-0.05, 0) is 36.0 Å². The minimum absolute atomic E-state index is 0. The van der Waals surface area contributed by atoms with Gasteiger partial charge in [0.25, 0.3) is 5.91 Å². The number of likely N-dealkylation sites (N-methyl/N-ethyl adjacent to an activating group) is 1. The van der Waals surface area contributed by atoms with Gasteiger partial charge in [0.1, 0.15) is 11.1 Å². The number of hydrogen-bond donors (Lipinski definition) is 0. The van der Waals surface area contributed by atoms with Crippen LogP contribution in [0.3, 0.4) is 0 Å². The van der Waals surface area contributed by atoms with Gasteiger partial charge in [-0.15, -0.1) is 12.4 Å². The summed E-state index contributed by atoms with van der Waals surface area (Å²) in [4.78, 5) is 35.6. The normalized spacial score (nSPS) is 11.2. The first kappa shape index (κ1) is 28.4. The van der Waals surface area contributed by atoms with Gasteiger partial charge >= 0.3 is 5.63 Å². The Labute approximate surface area is 236 Å². The molecule has 0 aliphatic rings. The molecule has 2 aromatic heterocycles. The number of aromatic nitrogens is 1. The third kappa shape index (κ3) is 5.43. The molecule has 204 valence electrons. The van der Waals surface area contributed by atoms with Crippen LogP contribution in [0.5, 0.6) is 11.5 Å². The molecule has 0 radical (unpaired) electrons. The first-order valence-corrected chi connectivity index (χ1v) is 13.3. The van der Waals surface area contributed by atoms with Crippen molar-refractivity contribution in [3.05, 3.63) is 70.6 Å². The van der Waals surface area contributed by atoms with Gasteiger partial charge in [-0.2, -0.15) is 0 Å². The van der Waals surface area contributed by atoms with Crippen LogP contribution in [-0.4, -0.2) is 56.2 Å². The van der Waals surface area contributed by atoms with E-state index in [0.717, 1.165) is 28.6 Å². The maximum atomic E-state index is 14.0. The van der Waals surface area contributed by atoms with Gasteiger partial charge in [-0.25, -0.2) is 9.78 Å². The Hall–Kier alpha value is -3.66. The lowest BCUT2D eigenvalue weighted by atomic mass is 10.0. The van der Waals surface area contributed by atoms with E-state index in [4.69, 9.17) is 18.9 Å². The fourth-order valence-electron chi connectivity index (χ4n) is 4.59. The monoisotopic (exact) mass is 567 g/mol. The number of rotatable bonds is 9. The summed E-state index contributed by atoms with van der Waals surface area (Å²) in [6, 6.07) is 16.8. The highest BCUT2D eigenvalue weighted by Gasteiger charge is 2.26. The fraction of sp³-hybridized carbons (Fsp3) is 0.276. The summed E-state index contributed by atoms with van der Waals surface area (Å²) in [5, 5.41) is 3.12. The molecule has 5 aromatic rings. The van der Waals surface area contributed by atoms with E-state index in [1.54, 1.807) is 37.3 Å². The quantitative estimate of drug-likeness (QED) is 0.160. The highest BCUT2D eigenvalue weighted by Crippen LogP contribution is 2.37. The van der Waals surface area contributed by atoms with Crippen molar-refractivity contribution >= 4 is 66.7 Å². The molecule has 0 bridgehead atoms. The molecule has 0 saturated carbocycles. The molecule has 10 heteroatoms. The summed E-state index contributed by atoms with van der Waals surface area (Å²) in [5.41, 5.74) is 0.428. The number of fused-ring (bicyclic) bond motifs is 4. The molecule has 0 saturated heterocycles. The number of amides is 1. The molecule has 0 aliphatic heterocycles. The zero-order valence-corrected chi connectivity index (χ0v) is 23.9. The number of thiazole rings is 1. The zero-order chi connectivity index (χ0) is 26.8. The smallest absolute Gasteiger partial charge is 0.349 e. The Morgan fingerprint density at radius 2 is 1.67 bits per heavy atom. The summed E-state index contributed by atoms with van der Waals surface area (Å²) in [5.74, 6) is 0.692. The van der Waals surface area contributed by atoms with Crippen molar-refractivity contribution in [1.82, 2.24) is 9.88 Å². The second-order valence-corrected chi connectivity index (χ2v) is 9.81. The lowest BCUT2D eigenvalue weighted by molar-refractivity contribution is 0.0980. The van der Waals surface area contributed by atoms with Crippen LogP contribution in [0.2, 0.25) is 0 Å². The number of hydrogen-bond acceptors (Lipinski definition) is 8. The zero-order valence-electron chi connectivity index (χ0n) is 22.2. The molecule has 1 amide bonds. The largest absolute Gasteiger partial charge is 0.493 e. The first-order valence-electron chi connectivity index (χ1n) is 12.5. The van der Waals surface area contributed by atoms with Gasteiger partial charge in [0, 0.05) is 30.6 Å². The van der Waals surface area contributed by atoms with Crippen LogP contribution < -0.4 is 20.0 Å². The van der Waals surface area contributed by atoms with Crippen molar-refractivity contribution in [1.29, 1.82) is 0 Å². The Bertz CT molecular complexity index is 1650. The fourth-order valence-corrected chi connectivity index (χ4v) is 5.59. The molecule has 8 nitrogen and oxygen atoms in total. The number of carbonyl (C=O) groups is 1. The topological polar surface area (TPSA) is 85.1 Å². The van der Waals surface area contributed by atoms with E-state index in [0.29, 0.717) is 46.2 Å². The van der Waals surface area contributed by atoms with E-state index in [1.165, 1.54) is 11.3 Å². The molecule has 0 spiro atoms. The van der Waals surface area contributed by atoms with Gasteiger partial charge in [0.15, 0.2) is 16.6 Å². The Morgan fingerprint density at radius 3 is 2.38 bits per heavy atom. The predicted octanol–water partition coefficient (Wildman–Crippen LogP) is 5.98. The molecular formula is C29H30ClN3O5S. The summed E-state index contributed by atoms with van der Waals surface area (Å²) in [7, 11) is 3.15. The maximum Gasteiger partial charge on any atom is 0.349 e. The van der Waals surface area contributed by atoms with E-state index >= 15 is 0 Å². The minimum atomic E-state index is -0.671. The second kappa shape index (κ2) is 12.0. The molecule has 0 atom stereocenters. The van der Waals surface area contributed by atoms with Gasteiger partial charge in [-0.1, -0.05) is 55.5 Å². The number of nitrogens with zero attached hydrogens (tertiary/aromatic N) is 3. The lowest BCUT2D eigenvalue weighted by Crippen LogP contribution is -2.40. The number of ether oxygens (including phenoxy) is 2. The molecule has 2 heterocycles. The number of carbonyl (C=O) groups excluding carboxylic acids is 1. The van der Waals surface area contributed by atoms with Crippen LogP contribution in [0, 0.1) is 0 Å². The summed E-state index contributed by atoms with van der Waals surface area (Å²) in [6.07, 6.45) is 0. The lowest BCUT2D eigenvalue weighted by Gasteiger charge is -2.24. The molecular weight excluding hydrogens is 538 g/mol. The maximum absolute atomic E-state index is 14.0. The number of halogens is 1. The Morgan fingerprint density at radius 1 is 0.949 bits per heavy atom. The SMILES string of the molecule is CCN(CC)CCN(C(=O)c1cc2c(ccc3ccccc32)oc1=O)c1nc2cc(OC)c(OC)cc2s1.Cl. The molecule has 0 fully saturated rings. The van der Waals surface area contributed by atoms with E-state index in [9.17, 15) is 9.59 Å². The number of benzene rings is 3. The molecule has 0 aliphatic carbocycles. The van der Waals surface area contributed by atoms with E-state index < -0.39 is 11.5 Å². The summed E-state index contributed by atoms with van der Waals surface area (Å²) >= 11 is 1.36. The standard InChI is InChI=1S/C29H29N3O5S.ClH/c1-5-31(6-2)13-14-32(29-30-22-16-24(35-3)25(36-4)17-26(22)38-29)27(33)21-15-20-19-10-8-7-9-18(19)11-12-23(20)37-28(21)34;/h7-12,15-17H,5-6,13-14H2,1-4H3;1H. The Kier molecular flexibility index (Phi) is 8.74. The highest BCUT2D eigenvalue weighted by molar-refractivity contribution is 7.22. The van der Waals surface area contributed by atoms with Gasteiger partial charge in [-0.3, -0.25) is 9.69 Å². The van der Waals surface area contributed by atoms with Crippen LogP contribution in [0.4, 0.5) is 5.13 Å². The van der Waals surface area contributed by atoms with E-state index in [1.807, 2.05) is 36.4 Å². The molecule has 39 heavy (non-hydrogen) atoms. The molecule has 0 unspecified atom stereocenters. The van der Waals surface area contributed by atoms with Crippen molar-refractivity contribution in [3.8, 4) is 11.5 Å². The summed E-state index contributed by atoms with van der Waals surface area (Å²) in [6.45, 7) is 6.84. The average Bonchev–Trinajstić information content (AvgIpc) is 3.36. The van der Waals surface area contributed by atoms with Crippen molar-refractivity contribution in [2.75, 3.05) is 45.3 Å². The number of methoxy groups -OCH3 is 2. The number of anilines is 1. The average molecular weight is 568 g/mol. The molecule has 5 rings (SSSR count). The van der Waals surface area contributed by atoms with Crippen LogP contribution in [-0.2, 0) is 0 Å². The van der Waals surface area contributed by atoms with Gasteiger partial charge < -0.3 is 18.8 Å². The van der Waals surface area contributed by atoms with Crippen LogP contribution in [0.25, 0.3) is 32.0 Å². The third-order valence-corrected chi connectivity index (χ3v) is 7.81. The van der Waals surface area contributed by atoms with Crippen LogP contribution in [0.15, 0.2) is 63.8 Å². The Balaban J connectivity index is 0.00000353. The summed E-state index contributed by atoms with van der Waals surface area (Å²) < 4.78 is 17.3. The van der Waals surface area contributed by atoms with Crippen molar-refractivity contribution in [2.24, 2.45) is 0 Å². The first-order chi connectivity index (χ1) is 18.5. The highest BCUT2D eigenvalue weighted by atomic mass is 35.5. The van der Waals surface area contributed by atoms with Crippen molar-refractivity contribution in [3.63, 3.8) is 0 Å². The predicted molar refractivity (Wildman–Crippen MR) is 159 cm³/mol. The molecule has 3 aromatic carbocycles. The van der Waals surface area contributed by atoms with Crippen molar-refractivity contribution in [2.45, 2.75) is 13.8 Å².